The lowest BCUT2D eigenvalue weighted by Gasteiger charge is -2.18. The SMILES string of the molecule is CC.CCc1cc(OCc2cc(F)cc3c2OC(C)(C)C3)ccc1/C=C/C(=O)O. The predicted octanol–water partition coefficient (Wildman–Crippen LogP) is 5.80. The molecule has 3 rings (SSSR count). The van der Waals surface area contributed by atoms with Gasteiger partial charge in [0.1, 0.15) is 29.5 Å². The number of fused-ring (bicyclic) bond motifs is 1. The lowest BCUT2D eigenvalue weighted by atomic mass is 10.0. The van der Waals surface area contributed by atoms with Gasteiger partial charge in [-0.1, -0.05) is 26.8 Å². The Morgan fingerprint density at radius 2 is 1.97 bits per heavy atom. The number of hydrogen-bond acceptors (Lipinski definition) is 3. The molecule has 0 amide bonds. The molecule has 0 saturated carbocycles. The molecule has 4 nitrogen and oxygen atoms in total. The number of carboxylic acid groups (broad SMARTS) is 1. The second-order valence-corrected chi connectivity index (χ2v) is 7.27. The topological polar surface area (TPSA) is 55.8 Å². The molecule has 0 fully saturated rings. The van der Waals surface area contributed by atoms with Gasteiger partial charge in [0.2, 0.25) is 0 Å². The largest absolute Gasteiger partial charge is 0.489 e. The highest BCUT2D eigenvalue weighted by Gasteiger charge is 2.32. The molecule has 0 bridgehead atoms. The zero-order valence-corrected chi connectivity index (χ0v) is 17.7. The van der Waals surface area contributed by atoms with Crippen LogP contribution in [-0.4, -0.2) is 16.7 Å². The highest BCUT2D eigenvalue weighted by atomic mass is 19.1. The van der Waals surface area contributed by atoms with E-state index in [1.807, 2.05) is 46.8 Å². The number of carboxylic acids is 1. The fourth-order valence-electron chi connectivity index (χ4n) is 3.32. The number of rotatable bonds is 6. The summed E-state index contributed by atoms with van der Waals surface area (Å²) in [5.74, 6) is 0.0741. The van der Waals surface area contributed by atoms with Crippen LogP contribution in [0.25, 0.3) is 6.08 Å². The van der Waals surface area contributed by atoms with Crippen molar-refractivity contribution in [3.63, 3.8) is 0 Å². The molecule has 29 heavy (non-hydrogen) atoms. The summed E-state index contributed by atoms with van der Waals surface area (Å²) in [4.78, 5) is 10.7. The summed E-state index contributed by atoms with van der Waals surface area (Å²) in [7, 11) is 0. The van der Waals surface area contributed by atoms with Gasteiger partial charge >= 0.3 is 5.97 Å². The minimum atomic E-state index is -0.986. The summed E-state index contributed by atoms with van der Waals surface area (Å²) in [6, 6.07) is 8.46. The van der Waals surface area contributed by atoms with E-state index in [2.05, 4.69) is 0 Å². The van der Waals surface area contributed by atoms with Gasteiger partial charge in [-0.3, -0.25) is 0 Å². The quantitative estimate of drug-likeness (QED) is 0.622. The average molecular weight is 400 g/mol. The van der Waals surface area contributed by atoms with Crippen LogP contribution in [0.5, 0.6) is 11.5 Å². The third kappa shape index (κ3) is 5.83. The van der Waals surface area contributed by atoms with E-state index in [1.54, 1.807) is 12.1 Å². The van der Waals surface area contributed by atoms with Crippen molar-refractivity contribution < 1.29 is 23.8 Å². The summed E-state index contributed by atoms with van der Waals surface area (Å²) in [6.45, 7) is 10.1. The fourth-order valence-corrected chi connectivity index (χ4v) is 3.32. The highest BCUT2D eigenvalue weighted by molar-refractivity contribution is 5.85. The Bertz CT molecular complexity index is 900. The third-order valence-electron chi connectivity index (χ3n) is 4.50. The molecule has 0 saturated heterocycles. The molecule has 1 aliphatic heterocycles. The average Bonchev–Trinajstić information content (AvgIpc) is 2.99. The molecule has 2 aromatic rings. The lowest BCUT2D eigenvalue weighted by molar-refractivity contribution is -0.131. The maximum Gasteiger partial charge on any atom is 0.328 e. The molecular weight excluding hydrogens is 371 g/mol. The van der Waals surface area contributed by atoms with Gasteiger partial charge in [-0.05, 0) is 61.7 Å². The van der Waals surface area contributed by atoms with Gasteiger partial charge in [-0.2, -0.15) is 0 Å². The van der Waals surface area contributed by atoms with Crippen molar-refractivity contribution in [1.82, 2.24) is 0 Å². The van der Waals surface area contributed by atoms with Crippen molar-refractivity contribution in [1.29, 1.82) is 0 Å². The van der Waals surface area contributed by atoms with Crippen LogP contribution < -0.4 is 9.47 Å². The number of ether oxygens (including phenoxy) is 2. The van der Waals surface area contributed by atoms with Crippen LogP contribution in [0.4, 0.5) is 4.39 Å². The number of hydrogen-bond donors (Lipinski definition) is 1. The maximum atomic E-state index is 14.0. The van der Waals surface area contributed by atoms with E-state index in [1.165, 1.54) is 12.1 Å². The number of benzene rings is 2. The van der Waals surface area contributed by atoms with E-state index in [0.717, 1.165) is 29.2 Å². The summed E-state index contributed by atoms with van der Waals surface area (Å²) in [5, 5.41) is 8.79. The number of aliphatic carboxylic acids is 1. The Kier molecular flexibility index (Phi) is 7.43. The summed E-state index contributed by atoms with van der Waals surface area (Å²) < 4.78 is 25.8. The van der Waals surface area contributed by atoms with Gasteiger partial charge in [0, 0.05) is 23.6 Å². The number of carbonyl (C=O) groups is 1. The van der Waals surface area contributed by atoms with E-state index in [0.29, 0.717) is 23.5 Å². The van der Waals surface area contributed by atoms with E-state index >= 15 is 0 Å². The van der Waals surface area contributed by atoms with Crippen molar-refractivity contribution in [3.8, 4) is 11.5 Å². The Morgan fingerprint density at radius 1 is 1.24 bits per heavy atom. The first-order valence-corrected chi connectivity index (χ1v) is 9.94. The molecule has 1 heterocycles. The Balaban J connectivity index is 0.00000145. The van der Waals surface area contributed by atoms with E-state index in [4.69, 9.17) is 14.6 Å². The molecule has 1 aliphatic rings. The van der Waals surface area contributed by atoms with Crippen LogP contribution in [0.1, 0.15) is 56.9 Å². The first kappa shape index (κ1) is 22.5. The Hall–Kier alpha value is -2.82. The molecule has 0 atom stereocenters. The molecule has 0 spiro atoms. The molecular formula is C24H29FO4. The highest BCUT2D eigenvalue weighted by Crippen LogP contribution is 2.38. The van der Waals surface area contributed by atoms with Crippen LogP contribution in [-0.2, 0) is 24.2 Å². The predicted molar refractivity (Wildman–Crippen MR) is 113 cm³/mol. The summed E-state index contributed by atoms with van der Waals surface area (Å²) in [6.07, 6.45) is 4.09. The summed E-state index contributed by atoms with van der Waals surface area (Å²) in [5.41, 5.74) is 3.01. The Labute approximate surface area is 172 Å². The van der Waals surface area contributed by atoms with Crippen LogP contribution in [0.2, 0.25) is 0 Å². The summed E-state index contributed by atoms with van der Waals surface area (Å²) >= 11 is 0. The third-order valence-corrected chi connectivity index (χ3v) is 4.50. The molecule has 0 unspecified atom stereocenters. The molecule has 0 aliphatic carbocycles. The van der Waals surface area contributed by atoms with Crippen LogP contribution in [0.3, 0.4) is 0 Å². The van der Waals surface area contributed by atoms with Crippen LogP contribution >= 0.6 is 0 Å². The zero-order chi connectivity index (χ0) is 21.6. The molecule has 2 aromatic carbocycles. The van der Waals surface area contributed by atoms with Crippen molar-refractivity contribution in [2.24, 2.45) is 0 Å². The van der Waals surface area contributed by atoms with Crippen molar-refractivity contribution in [2.75, 3.05) is 0 Å². The number of halogens is 1. The molecule has 156 valence electrons. The second-order valence-electron chi connectivity index (χ2n) is 7.27. The minimum Gasteiger partial charge on any atom is -0.489 e. The standard InChI is InChI=1S/C22H23FO4.C2H6/c1-4-14-11-19(7-5-15(14)6-8-20(24)25)26-13-17-10-18(23)9-16-12-22(2,3)27-21(16)17;1-2/h5-11H,4,12-13H2,1-3H3,(H,24,25);1-2H3/b8-6+;. The van der Waals surface area contributed by atoms with E-state index in [-0.39, 0.29) is 18.0 Å². The van der Waals surface area contributed by atoms with Crippen molar-refractivity contribution in [3.05, 3.63) is 64.5 Å². The van der Waals surface area contributed by atoms with Gasteiger partial charge in [0.25, 0.3) is 0 Å². The monoisotopic (exact) mass is 400 g/mol. The van der Waals surface area contributed by atoms with Crippen molar-refractivity contribution >= 4 is 12.0 Å². The van der Waals surface area contributed by atoms with Gasteiger partial charge in [0.15, 0.2) is 0 Å². The fraction of sp³-hybridized carbons (Fsp3) is 0.375. The number of aryl methyl sites for hydroxylation is 1. The normalized spacial score (nSPS) is 14.0. The van der Waals surface area contributed by atoms with E-state index < -0.39 is 5.97 Å². The molecule has 5 heteroatoms. The van der Waals surface area contributed by atoms with Gasteiger partial charge in [-0.25, -0.2) is 9.18 Å². The molecule has 0 radical (unpaired) electrons. The van der Waals surface area contributed by atoms with Crippen LogP contribution in [0.15, 0.2) is 36.4 Å². The maximum absolute atomic E-state index is 14.0. The van der Waals surface area contributed by atoms with Gasteiger partial charge < -0.3 is 14.6 Å². The van der Waals surface area contributed by atoms with Crippen LogP contribution in [0, 0.1) is 5.82 Å². The lowest BCUT2D eigenvalue weighted by Crippen LogP contribution is -2.25. The zero-order valence-electron chi connectivity index (χ0n) is 17.7. The smallest absolute Gasteiger partial charge is 0.328 e. The molecule has 1 N–H and O–H groups in total. The minimum absolute atomic E-state index is 0.198. The van der Waals surface area contributed by atoms with Gasteiger partial charge in [-0.15, -0.1) is 0 Å². The molecule has 0 aromatic heterocycles. The first-order chi connectivity index (χ1) is 13.8. The second kappa shape index (κ2) is 9.59. The first-order valence-electron chi connectivity index (χ1n) is 9.94. The van der Waals surface area contributed by atoms with Gasteiger partial charge in [0.05, 0.1) is 0 Å². The Morgan fingerprint density at radius 3 is 2.62 bits per heavy atom. The van der Waals surface area contributed by atoms with E-state index in [9.17, 15) is 9.18 Å². The van der Waals surface area contributed by atoms with Crippen molar-refractivity contribution in [2.45, 2.75) is 59.7 Å².